The molecule has 0 saturated carbocycles. The number of thiazole rings is 1. The van der Waals surface area contributed by atoms with E-state index in [1.165, 1.54) is 11.3 Å². The molecule has 5 aromatic rings. The van der Waals surface area contributed by atoms with Crippen molar-refractivity contribution in [2.45, 2.75) is 33.2 Å². The highest BCUT2D eigenvalue weighted by molar-refractivity contribution is 7.14. The number of carbonyl (C=O) groups is 1. The van der Waals surface area contributed by atoms with E-state index in [1.807, 2.05) is 46.7 Å². The van der Waals surface area contributed by atoms with Gasteiger partial charge in [-0.25, -0.2) is 4.98 Å². The molecule has 0 saturated heterocycles. The van der Waals surface area contributed by atoms with Crippen LogP contribution in [-0.4, -0.2) is 37.1 Å². The van der Waals surface area contributed by atoms with Crippen molar-refractivity contribution in [3.05, 3.63) is 119 Å². The lowest BCUT2D eigenvalue weighted by Crippen LogP contribution is -2.47. The minimum Gasteiger partial charge on any atom is -0.456 e. The largest absolute Gasteiger partial charge is 0.456 e. The van der Waals surface area contributed by atoms with Crippen molar-refractivity contribution in [2.24, 2.45) is 0 Å². The quantitative estimate of drug-likeness (QED) is 0.179. The van der Waals surface area contributed by atoms with Gasteiger partial charge in [0, 0.05) is 82.9 Å². The Morgan fingerprint density at radius 2 is 1.30 bits per heavy atom. The molecule has 222 valence electrons. The minimum atomic E-state index is -0.952. The van der Waals surface area contributed by atoms with Crippen LogP contribution in [0.15, 0.2) is 96.4 Å². The summed E-state index contributed by atoms with van der Waals surface area (Å²) in [6, 6.07) is 31.0. The fraction of sp³-hybridized carbons (Fsp3) is 0.243. The smallest absolute Gasteiger partial charge is 0.261 e. The summed E-state index contributed by atoms with van der Waals surface area (Å²) >= 11 is 1.50. The summed E-state index contributed by atoms with van der Waals surface area (Å²) in [7, 11) is 0. The lowest BCUT2D eigenvalue weighted by atomic mass is 9.74. The highest BCUT2D eigenvalue weighted by Crippen LogP contribution is 2.59. The van der Waals surface area contributed by atoms with Crippen LogP contribution in [0, 0.1) is 0 Å². The average molecular weight is 601 g/mol. The second kappa shape index (κ2) is 11.1. The number of aromatic nitrogens is 1. The first-order chi connectivity index (χ1) is 21.5. The zero-order chi connectivity index (χ0) is 30.4. The van der Waals surface area contributed by atoms with E-state index in [9.17, 15) is 4.79 Å². The van der Waals surface area contributed by atoms with Crippen LogP contribution in [0.25, 0.3) is 11.3 Å². The molecule has 3 heterocycles. The Kier molecular flexibility index (Phi) is 7.13. The predicted octanol–water partition coefficient (Wildman–Crippen LogP) is 8.56. The Bertz CT molecular complexity index is 1780. The molecule has 0 fully saturated rings. The number of hydrogen-bond acceptors (Lipinski definition) is 6. The standard InChI is InChI=1S/C37H36N4O2S/c1-5-39(6-2)26-18-20-30-33(22-26)43-34-23-27(40(7-3)8-4)19-21-31(34)37(30)29-17-13-12-16-28(29)35(42)41(37)36-38-32(24-44-36)25-14-10-9-11-15-25/h9-24H,5-8H2,1-4H3. The van der Waals surface area contributed by atoms with E-state index in [1.54, 1.807) is 0 Å². The molecular weight excluding hydrogens is 565 g/mol. The Labute approximate surface area is 263 Å². The maximum absolute atomic E-state index is 14.6. The van der Waals surface area contributed by atoms with Gasteiger partial charge < -0.3 is 14.5 Å². The van der Waals surface area contributed by atoms with E-state index >= 15 is 0 Å². The molecule has 0 aliphatic carbocycles. The van der Waals surface area contributed by atoms with Gasteiger partial charge >= 0.3 is 0 Å². The van der Waals surface area contributed by atoms with E-state index in [2.05, 4.69) is 92.1 Å². The lowest BCUT2D eigenvalue weighted by molar-refractivity contribution is 0.0985. The first-order valence-electron chi connectivity index (χ1n) is 15.5. The van der Waals surface area contributed by atoms with Gasteiger partial charge in [-0.3, -0.25) is 9.69 Å². The molecular formula is C37H36N4O2S. The fourth-order valence-corrected chi connectivity index (χ4v) is 7.75. The van der Waals surface area contributed by atoms with Crippen LogP contribution >= 0.6 is 11.3 Å². The first kappa shape index (κ1) is 28.2. The number of anilines is 3. The summed E-state index contributed by atoms with van der Waals surface area (Å²) in [5.41, 5.74) is 6.61. The first-order valence-corrected chi connectivity index (χ1v) is 16.3. The number of rotatable bonds is 8. The summed E-state index contributed by atoms with van der Waals surface area (Å²) in [5, 5.41) is 2.70. The molecule has 0 N–H and O–H groups in total. The topological polar surface area (TPSA) is 48.9 Å². The monoisotopic (exact) mass is 600 g/mol. The van der Waals surface area contributed by atoms with Gasteiger partial charge in [-0.15, -0.1) is 11.3 Å². The number of benzene rings is 4. The number of carbonyl (C=O) groups excluding carboxylic acids is 1. The van der Waals surface area contributed by atoms with Gasteiger partial charge in [-0.1, -0.05) is 60.7 Å². The second-order valence-electron chi connectivity index (χ2n) is 11.1. The summed E-state index contributed by atoms with van der Waals surface area (Å²) in [5.74, 6) is 1.45. The number of ether oxygens (including phenoxy) is 1. The maximum atomic E-state index is 14.6. The zero-order valence-electron chi connectivity index (χ0n) is 25.6. The molecule has 2 aliphatic rings. The molecule has 1 aromatic heterocycles. The van der Waals surface area contributed by atoms with Crippen molar-refractivity contribution < 1.29 is 9.53 Å². The Morgan fingerprint density at radius 3 is 1.89 bits per heavy atom. The van der Waals surface area contributed by atoms with Crippen molar-refractivity contribution in [1.82, 2.24) is 4.98 Å². The molecule has 4 aromatic carbocycles. The molecule has 1 spiro atoms. The van der Waals surface area contributed by atoms with Crippen molar-refractivity contribution >= 4 is 33.8 Å². The third-order valence-corrected chi connectivity index (χ3v) is 9.85. The molecule has 0 bridgehead atoms. The number of amides is 1. The van der Waals surface area contributed by atoms with Crippen molar-refractivity contribution in [3.8, 4) is 22.8 Å². The molecule has 2 aliphatic heterocycles. The zero-order valence-corrected chi connectivity index (χ0v) is 26.4. The maximum Gasteiger partial charge on any atom is 0.261 e. The van der Waals surface area contributed by atoms with Gasteiger partial charge in [0.1, 0.15) is 17.0 Å². The van der Waals surface area contributed by atoms with Crippen LogP contribution in [0.3, 0.4) is 0 Å². The fourth-order valence-electron chi connectivity index (χ4n) is 6.87. The number of hydrogen-bond donors (Lipinski definition) is 0. The molecule has 0 radical (unpaired) electrons. The molecule has 1 amide bonds. The van der Waals surface area contributed by atoms with Crippen molar-refractivity contribution in [2.75, 3.05) is 40.9 Å². The third kappa shape index (κ3) is 4.14. The van der Waals surface area contributed by atoms with Gasteiger partial charge in [-0.2, -0.15) is 0 Å². The summed E-state index contributed by atoms with van der Waals surface area (Å²) in [4.78, 5) is 26.3. The summed E-state index contributed by atoms with van der Waals surface area (Å²) in [6.45, 7) is 12.2. The van der Waals surface area contributed by atoms with E-state index in [4.69, 9.17) is 9.72 Å². The number of nitrogens with zero attached hydrogens (tertiary/aromatic N) is 4. The van der Waals surface area contributed by atoms with Crippen LogP contribution < -0.4 is 19.4 Å². The van der Waals surface area contributed by atoms with Crippen LogP contribution in [0.2, 0.25) is 0 Å². The lowest BCUT2D eigenvalue weighted by Gasteiger charge is -2.43. The summed E-state index contributed by atoms with van der Waals surface area (Å²) < 4.78 is 6.82. The van der Waals surface area contributed by atoms with Crippen LogP contribution in [0.4, 0.5) is 16.5 Å². The Morgan fingerprint density at radius 1 is 0.727 bits per heavy atom. The van der Waals surface area contributed by atoms with E-state index in [0.29, 0.717) is 10.7 Å². The number of fused-ring (bicyclic) bond motifs is 6. The van der Waals surface area contributed by atoms with E-state index < -0.39 is 5.54 Å². The van der Waals surface area contributed by atoms with Gasteiger partial charge in [-0.05, 0) is 45.9 Å². The Balaban J connectivity index is 1.52. The van der Waals surface area contributed by atoms with E-state index in [0.717, 1.165) is 77.0 Å². The van der Waals surface area contributed by atoms with Gasteiger partial charge in [0.15, 0.2) is 5.13 Å². The highest BCUT2D eigenvalue weighted by atomic mass is 32.1. The van der Waals surface area contributed by atoms with Gasteiger partial charge in [0.25, 0.3) is 5.91 Å². The van der Waals surface area contributed by atoms with Crippen molar-refractivity contribution in [1.29, 1.82) is 0 Å². The van der Waals surface area contributed by atoms with Gasteiger partial charge in [0.2, 0.25) is 0 Å². The van der Waals surface area contributed by atoms with E-state index in [-0.39, 0.29) is 5.91 Å². The third-order valence-electron chi connectivity index (χ3n) is 9.03. The predicted molar refractivity (Wildman–Crippen MR) is 181 cm³/mol. The average Bonchev–Trinajstić information content (AvgIpc) is 3.64. The molecule has 6 nitrogen and oxygen atoms in total. The molecule has 7 heteroatoms. The van der Waals surface area contributed by atoms with Gasteiger partial charge in [0.05, 0.1) is 5.69 Å². The molecule has 0 unspecified atom stereocenters. The molecule has 44 heavy (non-hydrogen) atoms. The minimum absolute atomic E-state index is 0.0611. The highest BCUT2D eigenvalue weighted by Gasteiger charge is 2.58. The second-order valence-corrected chi connectivity index (χ2v) is 11.9. The SMILES string of the molecule is CCN(CC)c1ccc2c(c1)Oc1cc(N(CC)CC)ccc1C21c2ccccc2C(=O)N1c1nc(-c2ccccc2)cs1. The normalized spacial score (nSPS) is 14.2. The Hall–Kier alpha value is -4.62. The molecule has 0 atom stereocenters. The van der Waals surface area contributed by atoms with Crippen LogP contribution in [0.5, 0.6) is 11.5 Å². The van der Waals surface area contributed by atoms with Crippen LogP contribution in [-0.2, 0) is 5.54 Å². The van der Waals surface area contributed by atoms with Crippen molar-refractivity contribution in [3.63, 3.8) is 0 Å². The molecule has 7 rings (SSSR count). The summed E-state index contributed by atoms with van der Waals surface area (Å²) in [6.07, 6.45) is 0. The van der Waals surface area contributed by atoms with Crippen LogP contribution in [0.1, 0.15) is 54.7 Å².